The molecular weight excluding hydrogens is 596 g/mol. The van der Waals surface area contributed by atoms with E-state index in [1.165, 1.54) is 36.4 Å². The molecule has 2 aliphatic heterocycles. The van der Waals surface area contributed by atoms with Gasteiger partial charge in [0.1, 0.15) is 23.3 Å². The molecule has 0 fully saturated rings. The lowest BCUT2D eigenvalue weighted by Gasteiger charge is -2.07. The second kappa shape index (κ2) is 9.71. The van der Waals surface area contributed by atoms with Crippen molar-refractivity contribution in [2.75, 3.05) is 0 Å². The standard InChI is InChI=1S/C32H17BrF4N4/c33-32-26-13-11-24(40-26)30(28-18(34)3-1-4-19(28)35)22-9-7-16(38-22)15-17-8-10-23(39-17)31(25-12-14-27(32)41-25)29-20(36)5-2-6-21(29)37/h1-15,38,41H. The van der Waals surface area contributed by atoms with Crippen LogP contribution in [-0.2, 0) is 0 Å². The highest BCUT2D eigenvalue weighted by Gasteiger charge is 2.21. The molecule has 0 aliphatic carbocycles. The molecule has 0 unspecified atom stereocenters. The highest BCUT2D eigenvalue weighted by Crippen LogP contribution is 2.37. The van der Waals surface area contributed by atoms with Crippen LogP contribution in [0.15, 0.2) is 71.2 Å². The third-order valence-electron chi connectivity index (χ3n) is 6.94. The van der Waals surface area contributed by atoms with Crippen molar-refractivity contribution in [3.05, 3.63) is 117 Å². The zero-order valence-electron chi connectivity index (χ0n) is 20.9. The van der Waals surface area contributed by atoms with Crippen molar-refractivity contribution >= 4 is 62.3 Å². The molecule has 3 aromatic heterocycles. The Morgan fingerprint density at radius 1 is 0.512 bits per heavy atom. The minimum absolute atomic E-state index is 0.204. The molecule has 9 heteroatoms. The van der Waals surface area contributed by atoms with Crippen molar-refractivity contribution < 1.29 is 17.6 Å². The highest BCUT2D eigenvalue weighted by atomic mass is 79.9. The fourth-order valence-corrected chi connectivity index (χ4v) is 5.56. The molecule has 0 atom stereocenters. The number of benzene rings is 2. The lowest BCUT2D eigenvalue weighted by atomic mass is 10.0. The van der Waals surface area contributed by atoms with E-state index >= 15 is 17.6 Å². The van der Waals surface area contributed by atoms with E-state index in [1.54, 1.807) is 54.6 Å². The van der Waals surface area contributed by atoms with Crippen molar-refractivity contribution in [1.82, 2.24) is 19.9 Å². The first-order valence-electron chi connectivity index (χ1n) is 12.5. The number of H-pyrrole nitrogens is 2. The quantitative estimate of drug-likeness (QED) is 0.191. The summed E-state index contributed by atoms with van der Waals surface area (Å²) in [4.78, 5) is 15.8. The van der Waals surface area contributed by atoms with Gasteiger partial charge in [-0.05, 0) is 94.8 Å². The molecule has 7 rings (SSSR count). The highest BCUT2D eigenvalue weighted by molar-refractivity contribution is 9.10. The average molecular weight is 613 g/mol. The number of rotatable bonds is 2. The van der Waals surface area contributed by atoms with Gasteiger partial charge in [-0.25, -0.2) is 27.5 Å². The summed E-state index contributed by atoms with van der Waals surface area (Å²) in [5.74, 6) is -2.88. The maximum absolute atomic E-state index is 15.1. The van der Waals surface area contributed by atoms with E-state index in [2.05, 4.69) is 30.9 Å². The second-order valence-electron chi connectivity index (χ2n) is 9.49. The van der Waals surface area contributed by atoms with Crippen molar-refractivity contribution in [1.29, 1.82) is 0 Å². The van der Waals surface area contributed by atoms with Crippen LogP contribution < -0.4 is 0 Å². The molecule has 200 valence electrons. The number of fused-ring (bicyclic) bond motifs is 8. The molecule has 0 amide bonds. The van der Waals surface area contributed by atoms with Crippen LogP contribution >= 0.6 is 15.9 Å². The molecule has 4 nitrogen and oxygen atoms in total. The molecule has 8 bridgehead atoms. The number of aromatic nitrogens is 4. The Balaban J connectivity index is 1.63. The summed E-state index contributed by atoms with van der Waals surface area (Å²) < 4.78 is 60.8. The van der Waals surface area contributed by atoms with Crippen LogP contribution in [0.2, 0.25) is 0 Å². The Labute approximate surface area is 238 Å². The molecule has 41 heavy (non-hydrogen) atoms. The fourth-order valence-electron chi connectivity index (χ4n) is 5.10. The third kappa shape index (κ3) is 4.29. The molecule has 0 saturated heterocycles. The lowest BCUT2D eigenvalue weighted by Crippen LogP contribution is -1.93. The summed E-state index contributed by atoms with van der Waals surface area (Å²) in [7, 11) is 0. The van der Waals surface area contributed by atoms with Gasteiger partial charge in [0.25, 0.3) is 0 Å². The van der Waals surface area contributed by atoms with Gasteiger partial charge in [-0.2, -0.15) is 0 Å². The number of halogens is 5. The molecule has 2 aliphatic rings. The first kappa shape index (κ1) is 25.2. The van der Waals surface area contributed by atoms with E-state index in [9.17, 15) is 0 Å². The number of hydrogen-bond donors (Lipinski definition) is 2. The van der Waals surface area contributed by atoms with Gasteiger partial charge < -0.3 is 9.97 Å². The maximum Gasteiger partial charge on any atom is 0.134 e. The minimum atomic E-state index is -0.720. The van der Waals surface area contributed by atoms with Crippen LogP contribution in [-0.4, -0.2) is 19.9 Å². The van der Waals surface area contributed by atoms with Crippen LogP contribution in [0.5, 0.6) is 0 Å². The molecule has 5 aromatic rings. The summed E-state index contributed by atoms with van der Waals surface area (Å²) in [5.41, 5.74) is 3.88. The number of hydrogen-bond acceptors (Lipinski definition) is 2. The molecule has 2 N–H and O–H groups in total. The predicted octanol–water partition coefficient (Wildman–Crippen LogP) is 9.31. The van der Waals surface area contributed by atoms with Gasteiger partial charge in [0.2, 0.25) is 0 Å². The Kier molecular flexibility index (Phi) is 5.97. The third-order valence-corrected chi connectivity index (χ3v) is 7.77. The number of nitrogens with zero attached hydrogens (tertiary/aromatic N) is 2. The lowest BCUT2D eigenvalue weighted by molar-refractivity contribution is 0.589. The summed E-state index contributed by atoms with van der Waals surface area (Å²) >= 11 is 3.59. The summed E-state index contributed by atoms with van der Waals surface area (Å²) in [6.07, 6.45) is 6.81. The number of aromatic amines is 2. The van der Waals surface area contributed by atoms with Gasteiger partial charge in [-0.1, -0.05) is 12.1 Å². The molecule has 0 saturated carbocycles. The van der Waals surface area contributed by atoms with Gasteiger partial charge in [0.15, 0.2) is 0 Å². The van der Waals surface area contributed by atoms with E-state index in [4.69, 9.17) is 4.98 Å². The number of nitrogens with one attached hydrogen (secondary N) is 2. The van der Waals surface area contributed by atoms with Crippen molar-refractivity contribution in [2.45, 2.75) is 0 Å². The smallest absolute Gasteiger partial charge is 0.134 e. The normalized spacial score (nSPS) is 12.3. The van der Waals surface area contributed by atoms with Crippen LogP contribution in [0.4, 0.5) is 17.6 Å². The van der Waals surface area contributed by atoms with Crippen LogP contribution in [0.1, 0.15) is 22.8 Å². The molecule has 0 spiro atoms. The fraction of sp³-hybridized carbons (Fsp3) is 0. The Morgan fingerprint density at radius 2 is 1.02 bits per heavy atom. The van der Waals surface area contributed by atoms with Gasteiger partial charge in [-0.3, -0.25) is 0 Å². The Bertz CT molecular complexity index is 2030. The van der Waals surface area contributed by atoms with Gasteiger partial charge >= 0.3 is 0 Å². The van der Waals surface area contributed by atoms with Crippen molar-refractivity contribution in [3.8, 4) is 22.3 Å². The Hall–Kier alpha value is -4.76. The van der Waals surface area contributed by atoms with Crippen molar-refractivity contribution in [2.24, 2.45) is 0 Å². The average Bonchev–Trinajstić information content (AvgIpc) is 3.76. The summed E-state index contributed by atoms with van der Waals surface area (Å²) in [5, 5.41) is 0. The van der Waals surface area contributed by atoms with Crippen LogP contribution in [0.25, 0.3) is 68.6 Å². The molecular formula is C32H17BrF4N4. The molecule has 0 radical (unpaired) electrons. The monoisotopic (exact) mass is 612 g/mol. The maximum atomic E-state index is 15.1. The topological polar surface area (TPSA) is 57.4 Å². The minimum Gasteiger partial charge on any atom is -0.355 e. The summed E-state index contributed by atoms with van der Waals surface area (Å²) in [6, 6.07) is 16.1. The first-order chi connectivity index (χ1) is 19.9. The van der Waals surface area contributed by atoms with Crippen LogP contribution in [0.3, 0.4) is 0 Å². The predicted molar refractivity (Wildman–Crippen MR) is 157 cm³/mol. The van der Waals surface area contributed by atoms with E-state index in [0.29, 0.717) is 49.3 Å². The van der Waals surface area contributed by atoms with E-state index in [-0.39, 0.29) is 22.3 Å². The molecule has 5 heterocycles. The van der Waals surface area contributed by atoms with Gasteiger partial charge in [-0.15, -0.1) is 0 Å². The van der Waals surface area contributed by atoms with E-state index < -0.39 is 23.3 Å². The zero-order chi connectivity index (χ0) is 28.2. The van der Waals surface area contributed by atoms with Crippen molar-refractivity contribution in [3.63, 3.8) is 0 Å². The van der Waals surface area contributed by atoms with Gasteiger partial charge in [0.05, 0.1) is 43.9 Å². The van der Waals surface area contributed by atoms with Gasteiger partial charge in [0, 0.05) is 27.7 Å². The first-order valence-corrected chi connectivity index (χ1v) is 13.3. The zero-order valence-corrected chi connectivity index (χ0v) is 22.5. The Morgan fingerprint density at radius 3 is 1.68 bits per heavy atom. The summed E-state index contributed by atoms with van der Waals surface area (Å²) in [6.45, 7) is 0. The molecule has 2 aromatic carbocycles. The van der Waals surface area contributed by atoms with E-state index in [0.717, 1.165) is 0 Å². The second-order valence-corrected chi connectivity index (χ2v) is 10.3. The van der Waals surface area contributed by atoms with E-state index in [1.807, 2.05) is 0 Å². The largest absolute Gasteiger partial charge is 0.355 e. The van der Waals surface area contributed by atoms with Crippen LogP contribution in [0, 0.1) is 23.3 Å². The SMILES string of the molecule is Fc1cccc(F)c1-c1c2nc(c(Br)c3ccc([nH]3)c(-c3c(F)cccc3F)c3nc(cc4ccc1[nH]4)C=C3)C=C2.